The van der Waals surface area contributed by atoms with Crippen molar-refractivity contribution < 1.29 is 29.4 Å². The summed E-state index contributed by atoms with van der Waals surface area (Å²) in [6.45, 7) is 0.538. The third-order valence-electron chi connectivity index (χ3n) is 5.61. The number of fused-ring (bicyclic) bond motifs is 1. The van der Waals surface area contributed by atoms with Gasteiger partial charge in [-0.15, -0.1) is 0 Å². The molecule has 2 heterocycles. The van der Waals surface area contributed by atoms with E-state index >= 15 is 0 Å². The summed E-state index contributed by atoms with van der Waals surface area (Å²) in [5.74, 6) is -3.48. The standard InChI is InChI=1S/C23H29N7O6/c1-12(20(32)30-19(10-31)23(35)36)28-22(34)18(7-14-9-25-11-27-14)29-21(33)16(24)6-13-8-26-17-5-3-2-4-15(13)17/h2-5,8-9,11-12,16,18-19,26,31H,6-7,10,24H2,1H3,(H,25,27)(H,28,34)(H,29,33)(H,30,32)(H,35,36). The van der Waals surface area contributed by atoms with Gasteiger partial charge in [0.2, 0.25) is 17.7 Å². The predicted molar refractivity (Wildman–Crippen MR) is 128 cm³/mol. The minimum atomic E-state index is -1.51. The van der Waals surface area contributed by atoms with Crippen LogP contribution in [0.15, 0.2) is 43.0 Å². The summed E-state index contributed by atoms with van der Waals surface area (Å²) in [5, 5.41) is 26.2. The molecule has 0 aliphatic carbocycles. The second-order valence-electron chi connectivity index (χ2n) is 8.32. The Morgan fingerprint density at radius 1 is 1.00 bits per heavy atom. The molecule has 13 nitrogen and oxygen atoms in total. The van der Waals surface area contributed by atoms with Gasteiger partial charge in [-0.25, -0.2) is 9.78 Å². The van der Waals surface area contributed by atoms with Crippen molar-refractivity contribution >= 4 is 34.6 Å². The Morgan fingerprint density at radius 2 is 1.72 bits per heavy atom. The zero-order chi connectivity index (χ0) is 26.2. The molecule has 0 saturated heterocycles. The largest absolute Gasteiger partial charge is 0.480 e. The number of nitrogens with one attached hydrogen (secondary N) is 5. The van der Waals surface area contributed by atoms with E-state index in [1.54, 1.807) is 6.20 Å². The maximum atomic E-state index is 13.0. The van der Waals surface area contributed by atoms with Crippen molar-refractivity contribution in [2.75, 3.05) is 6.61 Å². The monoisotopic (exact) mass is 499 g/mol. The first kappa shape index (κ1) is 26.4. The number of aliphatic hydroxyl groups is 1. The summed E-state index contributed by atoms with van der Waals surface area (Å²) >= 11 is 0. The lowest BCUT2D eigenvalue weighted by atomic mass is 10.0. The minimum absolute atomic E-state index is 0.0418. The Morgan fingerprint density at radius 3 is 2.39 bits per heavy atom. The number of hydrogen-bond donors (Lipinski definition) is 8. The molecule has 0 aliphatic rings. The Balaban J connectivity index is 1.66. The Bertz CT molecular complexity index is 1210. The van der Waals surface area contributed by atoms with Gasteiger partial charge in [-0.05, 0) is 25.0 Å². The van der Waals surface area contributed by atoms with E-state index < -0.39 is 54.5 Å². The highest BCUT2D eigenvalue weighted by Crippen LogP contribution is 2.18. The van der Waals surface area contributed by atoms with Gasteiger partial charge in [-0.2, -0.15) is 0 Å². The molecule has 4 atom stereocenters. The van der Waals surface area contributed by atoms with Gasteiger partial charge in [0.1, 0.15) is 18.1 Å². The Kier molecular flexibility index (Phi) is 8.76. The molecular formula is C23H29N7O6. The number of carboxylic acid groups (broad SMARTS) is 1. The summed E-state index contributed by atoms with van der Waals surface area (Å²) in [6.07, 6.45) is 4.97. The zero-order valence-corrected chi connectivity index (χ0v) is 19.5. The van der Waals surface area contributed by atoms with Crippen molar-refractivity contribution in [1.82, 2.24) is 30.9 Å². The van der Waals surface area contributed by atoms with Crippen LogP contribution in [0.4, 0.5) is 0 Å². The molecule has 9 N–H and O–H groups in total. The van der Waals surface area contributed by atoms with Gasteiger partial charge < -0.3 is 41.9 Å². The number of nitrogens with two attached hydrogens (primary N) is 1. The van der Waals surface area contributed by atoms with Gasteiger partial charge in [-0.1, -0.05) is 18.2 Å². The third kappa shape index (κ3) is 6.67. The van der Waals surface area contributed by atoms with Crippen LogP contribution < -0.4 is 21.7 Å². The third-order valence-corrected chi connectivity index (χ3v) is 5.61. The summed E-state index contributed by atoms with van der Waals surface area (Å²) in [6, 6.07) is 2.88. The number of carboxylic acids is 1. The Hall–Kier alpha value is -4.23. The smallest absolute Gasteiger partial charge is 0.328 e. The number of benzene rings is 1. The number of nitrogens with zero attached hydrogens (tertiary/aromatic N) is 1. The first-order valence-corrected chi connectivity index (χ1v) is 11.2. The first-order chi connectivity index (χ1) is 17.2. The number of carbonyl (C=O) groups is 4. The first-order valence-electron chi connectivity index (χ1n) is 11.2. The number of aromatic nitrogens is 3. The molecule has 36 heavy (non-hydrogen) atoms. The fourth-order valence-corrected chi connectivity index (χ4v) is 3.60. The average molecular weight is 500 g/mol. The van der Waals surface area contributed by atoms with Crippen molar-refractivity contribution in [3.63, 3.8) is 0 Å². The van der Waals surface area contributed by atoms with Crippen LogP contribution in [0, 0.1) is 0 Å². The number of aliphatic carboxylic acids is 1. The van der Waals surface area contributed by atoms with Crippen LogP contribution in [0.1, 0.15) is 18.2 Å². The number of imidazole rings is 1. The van der Waals surface area contributed by atoms with Gasteiger partial charge in [-0.3, -0.25) is 14.4 Å². The van der Waals surface area contributed by atoms with Crippen LogP contribution in [0.25, 0.3) is 10.9 Å². The van der Waals surface area contributed by atoms with Gasteiger partial charge in [0.25, 0.3) is 0 Å². The van der Waals surface area contributed by atoms with Gasteiger partial charge in [0.15, 0.2) is 0 Å². The second-order valence-corrected chi connectivity index (χ2v) is 8.32. The molecule has 0 bridgehead atoms. The van der Waals surface area contributed by atoms with E-state index in [9.17, 15) is 19.2 Å². The molecule has 192 valence electrons. The topological polar surface area (TPSA) is 215 Å². The van der Waals surface area contributed by atoms with Crippen molar-refractivity contribution in [3.05, 3.63) is 54.2 Å². The van der Waals surface area contributed by atoms with Crippen LogP contribution in [0.5, 0.6) is 0 Å². The SMILES string of the molecule is CC(NC(=O)C(Cc1cnc[nH]1)NC(=O)C(N)Cc1c[nH]c2ccccc12)C(=O)NC(CO)C(=O)O. The van der Waals surface area contributed by atoms with Crippen molar-refractivity contribution in [2.45, 2.75) is 43.9 Å². The molecule has 4 unspecified atom stereocenters. The molecule has 3 amide bonds. The van der Waals surface area contributed by atoms with E-state index in [0.29, 0.717) is 5.69 Å². The molecule has 0 aliphatic heterocycles. The van der Waals surface area contributed by atoms with Crippen molar-refractivity contribution in [2.24, 2.45) is 5.73 Å². The number of carbonyl (C=O) groups excluding carboxylic acids is 3. The fraction of sp³-hybridized carbons (Fsp3) is 0.348. The fourth-order valence-electron chi connectivity index (χ4n) is 3.60. The molecule has 1 aromatic carbocycles. The van der Waals surface area contributed by atoms with E-state index in [4.69, 9.17) is 15.9 Å². The molecule has 0 radical (unpaired) electrons. The van der Waals surface area contributed by atoms with Gasteiger partial charge in [0, 0.05) is 35.4 Å². The molecule has 0 spiro atoms. The Labute approximate surface area is 205 Å². The molecule has 0 fully saturated rings. The average Bonchev–Trinajstić information content (AvgIpc) is 3.51. The highest BCUT2D eigenvalue weighted by molar-refractivity contribution is 5.94. The van der Waals surface area contributed by atoms with E-state index in [2.05, 4.69) is 30.9 Å². The number of H-pyrrole nitrogens is 2. The minimum Gasteiger partial charge on any atom is -0.480 e. The summed E-state index contributed by atoms with van der Waals surface area (Å²) in [4.78, 5) is 59.1. The van der Waals surface area contributed by atoms with Crippen LogP contribution in [-0.4, -0.2) is 79.6 Å². The van der Waals surface area contributed by atoms with Crippen LogP contribution in [-0.2, 0) is 32.0 Å². The van der Waals surface area contributed by atoms with E-state index in [0.717, 1.165) is 16.5 Å². The second kappa shape index (κ2) is 12.0. The molecule has 3 aromatic rings. The van der Waals surface area contributed by atoms with Crippen molar-refractivity contribution in [1.29, 1.82) is 0 Å². The maximum absolute atomic E-state index is 13.0. The summed E-state index contributed by atoms with van der Waals surface area (Å²) in [5.41, 5.74) is 8.47. The highest BCUT2D eigenvalue weighted by Gasteiger charge is 2.29. The molecule has 3 rings (SSSR count). The quantitative estimate of drug-likeness (QED) is 0.147. The van der Waals surface area contributed by atoms with E-state index in [1.807, 2.05) is 24.3 Å². The lowest BCUT2D eigenvalue weighted by Gasteiger charge is -2.23. The van der Waals surface area contributed by atoms with Gasteiger partial charge in [0.05, 0.1) is 19.0 Å². The van der Waals surface area contributed by atoms with Gasteiger partial charge >= 0.3 is 5.97 Å². The highest BCUT2D eigenvalue weighted by atomic mass is 16.4. The summed E-state index contributed by atoms with van der Waals surface area (Å²) < 4.78 is 0. The lowest BCUT2D eigenvalue weighted by molar-refractivity contribution is -0.143. The molecule has 0 saturated carbocycles. The van der Waals surface area contributed by atoms with E-state index in [-0.39, 0.29) is 12.8 Å². The predicted octanol–water partition coefficient (Wildman–Crippen LogP) is -1.45. The van der Waals surface area contributed by atoms with Crippen LogP contribution in [0.2, 0.25) is 0 Å². The van der Waals surface area contributed by atoms with Crippen LogP contribution >= 0.6 is 0 Å². The lowest BCUT2D eigenvalue weighted by Crippen LogP contribution is -2.57. The normalized spacial score (nSPS) is 14.4. The number of aliphatic hydroxyl groups excluding tert-OH is 1. The number of aromatic amines is 2. The molecular weight excluding hydrogens is 470 g/mol. The van der Waals surface area contributed by atoms with Crippen LogP contribution in [0.3, 0.4) is 0 Å². The van der Waals surface area contributed by atoms with Crippen molar-refractivity contribution in [3.8, 4) is 0 Å². The number of hydrogen-bond acceptors (Lipinski definition) is 7. The maximum Gasteiger partial charge on any atom is 0.328 e. The molecule has 2 aromatic heterocycles. The van der Waals surface area contributed by atoms with E-state index in [1.165, 1.54) is 19.4 Å². The number of rotatable bonds is 12. The summed E-state index contributed by atoms with van der Waals surface area (Å²) in [7, 11) is 0. The zero-order valence-electron chi connectivity index (χ0n) is 19.5. The molecule has 13 heteroatoms. The number of para-hydroxylation sites is 1. The number of amides is 3.